The summed E-state index contributed by atoms with van der Waals surface area (Å²) < 4.78 is 0. The number of carbonyl (C=O) groups is 3. The second-order valence-corrected chi connectivity index (χ2v) is 8.89. The van der Waals surface area contributed by atoms with Gasteiger partial charge in [0.2, 0.25) is 5.91 Å². The highest BCUT2D eigenvalue weighted by Crippen LogP contribution is 2.19. The fourth-order valence-electron chi connectivity index (χ4n) is 4.00. The molecule has 6 nitrogen and oxygen atoms in total. The normalized spacial score (nSPS) is 10.8. The van der Waals surface area contributed by atoms with Crippen LogP contribution in [-0.2, 0) is 9.59 Å². The molecule has 1 rings (SSSR count). The third-order valence-corrected chi connectivity index (χ3v) is 6.01. The quantitative estimate of drug-likeness (QED) is 0.203. The molecule has 1 aromatic rings. The van der Waals surface area contributed by atoms with Crippen LogP contribution in [0.15, 0.2) is 24.3 Å². The molecule has 0 saturated carbocycles. The molecule has 33 heavy (non-hydrogen) atoms. The largest absolute Gasteiger partial charge is 0.481 e. The van der Waals surface area contributed by atoms with Gasteiger partial charge < -0.3 is 15.1 Å². The average molecular weight is 462 g/mol. The minimum absolute atomic E-state index is 0.0609. The summed E-state index contributed by atoms with van der Waals surface area (Å²) in [6, 6.07) is 6.18. The van der Waals surface area contributed by atoms with Crippen LogP contribution in [0.3, 0.4) is 0 Å². The fourth-order valence-corrected chi connectivity index (χ4v) is 4.00. The summed E-state index contributed by atoms with van der Waals surface area (Å²) in [6.45, 7) is 2.77. The number of aromatic carboxylic acids is 1. The molecule has 0 heterocycles. The second-order valence-electron chi connectivity index (χ2n) is 8.89. The molecule has 6 heteroatoms. The van der Waals surface area contributed by atoms with Crippen LogP contribution in [0.25, 0.3) is 0 Å². The van der Waals surface area contributed by atoms with E-state index in [1.807, 2.05) is 0 Å². The van der Waals surface area contributed by atoms with E-state index in [9.17, 15) is 14.4 Å². The van der Waals surface area contributed by atoms with Gasteiger partial charge in [0.25, 0.3) is 0 Å². The molecule has 0 aliphatic heterocycles. The first kappa shape index (κ1) is 28.7. The van der Waals surface area contributed by atoms with Crippen LogP contribution >= 0.6 is 0 Å². The number of nitrogens with zero attached hydrogens (tertiary/aromatic N) is 1. The van der Waals surface area contributed by atoms with Crippen molar-refractivity contribution in [1.82, 2.24) is 0 Å². The van der Waals surface area contributed by atoms with E-state index in [4.69, 9.17) is 10.2 Å². The van der Waals surface area contributed by atoms with E-state index in [1.165, 1.54) is 82.8 Å². The van der Waals surface area contributed by atoms with Crippen molar-refractivity contribution in [2.24, 2.45) is 0 Å². The van der Waals surface area contributed by atoms with E-state index in [0.29, 0.717) is 12.2 Å². The van der Waals surface area contributed by atoms with Gasteiger partial charge in [-0.2, -0.15) is 0 Å². The lowest BCUT2D eigenvalue weighted by Crippen LogP contribution is -2.32. The van der Waals surface area contributed by atoms with Gasteiger partial charge in [0.05, 0.1) is 12.0 Å². The lowest BCUT2D eigenvalue weighted by Gasteiger charge is -2.23. The summed E-state index contributed by atoms with van der Waals surface area (Å²) in [5.74, 6) is -2.26. The van der Waals surface area contributed by atoms with Gasteiger partial charge in [0, 0.05) is 18.7 Å². The first-order valence-corrected chi connectivity index (χ1v) is 12.8. The average Bonchev–Trinajstić information content (AvgIpc) is 2.80. The maximum Gasteiger partial charge on any atom is 0.335 e. The van der Waals surface area contributed by atoms with Crippen LogP contribution in [0, 0.1) is 0 Å². The van der Waals surface area contributed by atoms with Crippen molar-refractivity contribution in [2.75, 3.05) is 11.4 Å². The first-order valence-electron chi connectivity index (χ1n) is 12.8. The molecule has 0 aliphatic rings. The topological polar surface area (TPSA) is 94.9 Å². The van der Waals surface area contributed by atoms with Crippen molar-refractivity contribution in [3.63, 3.8) is 0 Å². The van der Waals surface area contributed by atoms with Gasteiger partial charge in [-0.3, -0.25) is 9.59 Å². The van der Waals surface area contributed by atoms with Gasteiger partial charge in [0.15, 0.2) is 0 Å². The van der Waals surface area contributed by atoms with Crippen molar-refractivity contribution in [3.05, 3.63) is 29.8 Å². The van der Waals surface area contributed by atoms with Crippen LogP contribution in [0.5, 0.6) is 0 Å². The fraction of sp³-hybridized carbons (Fsp3) is 0.667. The monoisotopic (exact) mass is 461 g/mol. The van der Waals surface area contributed by atoms with Crippen molar-refractivity contribution >= 4 is 23.5 Å². The summed E-state index contributed by atoms with van der Waals surface area (Å²) in [5, 5.41) is 18.0. The molecule has 0 aromatic heterocycles. The molecule has 2 N–H and O–H groups in total. The van der Waals surface area contributed by atoms with E-state index in [-0.39, 0.29) is 24.3 Å². The summed E-state index contributed by atoms with van der Waals surface area (Å²) >= 11 is 0. The summed E-state index contributed by atoms with van der Waals surface area (Å²) in [5.41, 5.74) is 0.776. The zero-order chi connectivity index (χ0) is 24.3. The lowest BCUT2D eigenvalue weighted by molar-refractivity contribution is -0.138. The molecule has 0 fully saturated rings. The number of anilines is 1. The Morgan fingerprint density at radius 1 is 0.667 bits per heavy atom. The Kier molecular flexibility index (Phi) is 15.7. The molecule has 1 amide bonds. The molecule has 0 saturated heterocycles. The van der Waals surface area contributed by atoms with Gasteiger partial charge in [-0.25, -0.2) is 4.79 Å². The van der Waals surface area contributed by atoms with E-state index in [0.717, 1.165) is 19.3 Å². The predicted octanol–water partition coefficient (Wildman–Crippen LogP) is 7.06. The third kappa shape index (κ3) is 13.7. The highest BCUT2D eigenvalue weighted by Gasteiger charge is 2.17. The summed E-state index contributed by atoms with van der Waals surface area (Å²) in [4.78, 5) is 36.1. The second kappa shape index (κ2) is 18.1. The standard InChI is InChI=1S/C27H43NO5/c1-2-3-4-5-6-7-8-9-10-11-12-13-14-15-22-28(25(29)20-21-26(30)31)24-18-16-23(17-19-24)27(32)33/h16-19H,2-15,20-22H2,1H3,(H,30,31)(H,32,33). The first-order chi connectivity index (χ1) is 16.0. The van der Waals surface area contributed by atoms with Crippen molar-refractivity contribution in [2.45, 2.75) is 110 Å². The Balaban J connectivity index is 2.28. The number of rotatable bonds is 20. The molecule has 0 spiro atoms. The number of hydrogen-bond donors (Lipinski definition) is 2. The number of carboxylic acids is 2. The Bertz CT molecular complexity index is 686. The van der Waals surface area contributed by atoms with Crippen LogP contribution in [0.1, 0.15) is 120 Å². The number of hydrogen-bond acceptors (Lipinski definition) is 3. The van der Waals surface area contributed by atoms with Crippen molar-refractivity contribution in [1.29, 1.82) is 0 Å². The predicted molar refractivity (Wildman–Crippen MR) is 133 cm³/mol. The third-order valence-electron chi connectivity index (χ3n) is 6.01. The number of aliphatic carboxylic acids is 1. The van der Waals surface area contributed by atoms with Gasteiger partial charge in [-0.1, -0.05) is 90.4 Å². The molecular formula is C27H43NO5. The molecule has 0 atom stereocenters. The van der Waals surface area contributed by atoms with Crippen molar-refractivity contribution in [3.8, 4) is 0 Å². The van der Waals surface area contributed by atoms with Gasteiger partial charge in [-0.15, -0.1) is 0 Å². The van der Waals surface area contributed by atoms with Crippen molar-refractivity contribution < 1.29 is 24.6 Å². The van der Waals surface area contributed by atoms with E-state index < -0.39 is 11.9 Å². The minimum atomic E-state index is -1.02. The maximum absolute atomic E-state index is 12.6. The summed E-state index contributed by atoms with van der Waals surface area (Å²) in [6.07, 6.45) is 17.3. The van der Waals surface area contributed by atoms with Gasteiger partial charge in [-0.05, 0) is 30.7 Å². The number of benzene rings is 1. The Morgan fingerprint density at radius 3 is 1.55 bits per heavy atom. The van der Waals surface area contributed by atoms with E-state index in [1.54, 1.807) is 17.0 Å². The summed E-state index contributed by atoms with van der Waals surface area (Å²) in [7, 11) is 0. The number of unbranched alkanes of at least 4 members (excludes halogenated alkanes) is 13. The Morgan fingerprint density at radius 2 is 1.12 bits per heavy atom. The molecular weight excluding hydrogens is 418 g/mol. The molecule has 0 bridgehead atoms. The van der Waals surface area contributed by atoms with Crippen LogP contribution in [0.4, 0.5) is 5.69 Å². The molecule has 0 unspecified atom stereocenters. The SMILES string of the molecule is CCCCCCCCCCCCCCCCN(C(=O)CCC(=O)O)c1ccc(C(=O)O)cc1. The highest BCUT2D eigenvalue weighted by molar-refractivity contribution is 5.95. The Hall–Kier alpha value is -2.37. The minimum Gasteiger partial charge on any atom is -0.481 e. The zero-order valence-electron chi connectivity index (χ0n) is 20.4. The smallest absolute Gasteiger partial charge is 0.335 e. The van der Waals surface area contributed by atoms with Crippen LogP contribution < -0.4 is 4.90 Å². The highest BCUT2D eigenvalue weighted by atomic mass is 16.4. The van der Waals surface area contributed by atoms with Gasteiger partial charge in [0.1, 0.15) is 0 Å². The number of carbonyl (C=O) groups excluding carboxylic acids is 1. The van der Waals surface area contributed by atoms with Gasteiger partial charge >= 0.3 is 11.9 Å². The van der Waals surface area contributed by atoms with Crippen LogP contribution in [-0.4, -0.2) is 34.6 Å². The molecule has 0 aliphatic carbocycles. The molecule has 186 valence electrons. The van der Waals surface area contributed by atoms with E-state index in [2.05, 4.69) is 6.92 Å². The Labute approximate surface area is 199 Å². The lowest BCUT2D eigenvalue weighted by atomic mass is 10.0. The van der Waals surface area contributed by atoms with Crippen LogP contribution in [0.2, 0.25) is 0 Å². The molecule has 1 aromatic carbocycles. The maximum atomic E-state index is 12.6. The van der Waals surface area contributed by atoms with E-state index >= 15 is 0 Å². The number of carboxylic acid groups (broad SMARTS) is 2. The number of amides is 1. The zero-order valence-corrected chi connectivity index (χ0v) is 20.4. The molecule has 0 radical (unpaired) electrons.